The summed E-state index contributed by atoms with van der Waals surface area (Å²) in [5.74, 6) is 0. The van der Waals surface area contributed by atoms with Crippen molar-refractivity contribution in [1.82, 2.24) is 0 Å². The maximum atomic E-state index is 5.85. The molecule has 0 aliphatic carbocycles. The molecule has 0 aromatic rings. The molecule has 0 bridgehead atoms. The van der Waals surface area contributed by atoms with Gasteiger partial charge in [-0.05, 0) is 12.8 Å². The third-order valence-corrected chi connectivity index (χ3v) is 8.03. The summed E-state index contributed by atoms with van der Waals surface area (Å²) < 4.78 is 5.85. The van der Waals surface area contributed by atoms with E-state index in [9.17, 15) is 0 Å². The van der Waals surface area contributed by atoms with Crippen molar-refractivity contribution in [2.45, 2.75) is 213 Å². The Bertz CT molecular complexity index is 319. The van der Waals surface area contributed by atoms with Gasteiger partial charge < -0.3 is 4.74 Å². The fourth-order valence-corrected chi connectivity index (χ4v) is 5.43. The largest absolute Gasteiger partial charge is 0.381 e. The Morgan fingerprint density at radius 1 is 0.222 bits per heavy atom. The first-order valence-corrected chi connectivity index (χ1v) is 17.5. The molecular formula is C35H72O. The van der Waals surface area contributed by atoms with Gasteiger partial charge in [-0.25, -0.2) is 0 Å². The third-order valence-electron chi connectivity index (χ3n) is 8.03. The fourth-order valence-electron chi connectivity index (χ4n) is 5.43. The van der Waals surface area contributed by atoms with Gasteiger partial charge in [0.2, 0.25) is 0 Å². The number of ether oxygens (including phenoxy) is 1. The van der Waals surface area contributed by atoms with Crippen LogP contribution in [-0.4, -0.2) is 13.2 Å². The minimum atomic E-state index is 0.996. The molecule has 0 aliphatic heterocycles. The van der Waals surface area contributed by atoms with E-state index in [-0.39, 0.29) is 0 Å². The second-order valence-corrected chi connectivity index (χ2v) is 11.9. The molecule has 0 aromatic carbocycles. The Morgan fingerprint density at radius 3 is 0.583 bits per heavy atom. The van der Waals surface area contributed by atoms with Crippen LogP contribution in [0.1, 0.15) is 213 Å². The molecule has 0 atom stereocenters. The molecule has 36 heavy (non-hydrogen) atoms. The van der Waals surface area contributed by atoms with E-state index in [4.69, 9.17) is 4.74 Å². The standard InChI is InChI=1S/C35H72O/c1-3-5-7-9-11-13-15-16-17-18-19-20-21-22-23-25-27-29-31-33-35-36-34-32-30-28-26-24-14-12-10-8-6-4-2/h3-35H2,1-2H3. The van der Waals surface area contributed by atoms with Crippen molar-refractivity contribution in [3.05, 3.63) is 0 Å². The van der Waals surface area contributed by atoms with Gasteiger partial charge in [-0.1, -0.05) is 200 Å². The van der Waals surface area contributed by atoms with Crippen molar-refractivity contribution in [2.24, 2.45) is 0 Å². The second-order valence-electron chi connectivity index (χ2n) is 11.9. The van der Waals surface area contributed by atoms with Crippen LogP contribution in [-0.2, 0) is 4.74 Å². The zero-order valence-corrected chi connectivity index (χ0v) is 25.7. The molecule has 0 fully saturated rings. The third kappa shape index (κ3) is 34.0. The zero-order chi connectivity index (χ0) is 26.0. The molecule has 0 unspecified atom stereocenters. The molecule has 0 radical (unpaired) electrons. The van der Waals surface area contributed by atoms with E-state index in [0.29, 0.717) is 0 Å². The summed E-state index contributed by atoms with van der Waals surface area (Å²) in [6, 6.07) is 0. The molecule has 0 aromatic heterocycles. The SMILES string of the molecule is CCCCCCCCCCCCCCCCCCCCCCOCCCCCCCCCCCCC. The van der Waals surface area contributed by atoms with E-state index in [1.807, 2.05) is 0 Å². The van der Waals surface area contributed by atoms with Crippen LogP contribution in [0, 0.1) is 0 Å². The highest BCUT2D eigenvalue weighted by Crippen LogP contribution is 2.15. The Morgan fingerprint density at radius 2 is 0.389 bits per heavy atom. The summed E-state index contributed by atoms with van der Waals surface area (Å²) in [5, 5.41) is 0. The molecule has 0 N–H and O–H groups in total. The highest BCUT2D eigenvalue weighted by Gasteiger charge is 1.97. The van der Waals surface area contributed by atoms with Crippen molar-refractivity contribution in [3.8, 4) is 0 Å². The van der Waals surface area contributed by atoms with Crippen molar-refractivity contribution in [3.63, 3.8) is 0 Å². The molecule has 1 nitrogen and oxygen atoms in total. The fraction of sp³-hybridized carbons (Fsp3) is 1.00. The maximum Gasteiger partial charge on any atom is 0.0466 e. The van der Waals surface area contributed by atoms with Crippen LogP contribution in [0.15, 0.2) is 0 Å². The Hall–Kier alpha value is -0.0400. The summed E-state index contributed by atoms with van der Waals surface area (Å²) in [4.78, 5) is 0. The van der Waals surface area contributed by atoms with Crippen molar-refractivity contribution < 1.29 is 4.74 Å². The van der Waals surface area contributed by atoms with Crippen LogP contribution in [0.2, 0.25) is 0 Å². The van der Waals surface area contributed by atoms with Gasteiger partial charge in [-0.3, -0.25) is 0 Å². The smallest absolute Gasteiger partial charge is 0.0466 e. The van der Waals surface area contributed by atoms with Gasteiger partial charge in [0.1, 0.15) is 0 Å². The Labute approximate surface area is 230 Å². The minimum Gasteiger partial charge on any atom is -0.381 e. The quantitative estimate of drug-likeness (QED) is 0.0801. The monoisotopic (exact) mass is 509 g/mol. The van der Waals surface area contributed by atoms with Crippen molar-refractivity contribution in [2.75, 3.05) is 13.2 Å². The predicted octanol–water partition coefficient (Wildman–Crippen LogP) is 13.1. The average molecular weight is 509 g/mol. The molecule has 1 heteroatoms. The van der Waals surface area contributed by atoms with Crippen LogP contribution in [0.4, 0.5) is 0 Å². The van der Waals surface area contributed by atoms with Gasteiger partial charge >= 0.3 is 0 Å². The first-order chi connectivity index (χ1) is 17.9. The first kappa shape index (κ1) is 36.0. The minimum absolute atomic E-state index is 0.996. The van der Waals surface area contributed by atoms with Gasteiger partial charge in [0.05, 0.1) is 0 Å². The topological polar surface area (TPSA) is 9.23 Å². The van der Waals surface area contributed by atoms with Gasteiger partial charge in [0.25, 0.3) is 0 Å². The molecule has 0 rings (SSSR count). The maximum absolute atomic E-state index is 5.85. The lowest BCUT2D eigenvalue weighted by atomic mass is 10.0. The second kappa shape index (κ2) is 35.0. The van der Waals surface area contributed by atoms with E-state index in [0.717, 1.165) is 13.2 Å². The molecule has 0 spiro atoms. The van der Waals surface area contributed by atoms with E-state index in [1.54, 1.807) is 0 Å². The van der Waals surface area contributed by atoms with E-state index in [1.165, 1.54) is 199 Å². The van der Waals surface area contributed by atoms with Crippen LogP contribution < -0.4 is 0 Å². The highest BCUT2D eigenvalue weighted by molar-refractivity contribution is 4.51. The van der Waals surface area contributed by atoms with Crippen LogP contribution >= 0.6 is 0 Å². The molecule has 0 heterocycles. The van der Waals surface area contributed by atoms with Crippen LogP contribution in [0.25, 0.3) is 0 Å². The van der Waals surface area contributed by atoms with Gasteiger partial charge in [-0.2, -0.15) is 0 Å². The average Bonchev–Trinajstić information content (AvgIpc) is 2.89. The summed E-state index contributed by atoms with van der Waals surface area (Å²) in [6.07, 6.45) is 44.6. The number of unbranched alkanes of at least 4 members (excludes halogenated alkanes) is 29. The molecule has 0 saturated carbocycles. The summed E-state index contributed by atoms with van der Waals surface area (Å²) in [6.45, 7) is 6.60. The lowest BCUT2D eigenvalue weighted by molar-refractivity contribution is 0.125. The van der Waals surface area contributed by atoms with Gasteiger partial charge in [0.15, 0.2) is 0 Å². The van der Waals surface area contributed by atoms with Crippen molar-refractivity contribution in [1.29, 1.82) is 0 Å². The number of rotatable bonds is 33. The van der Waals surface area contributed by atoms with Crippen LogP contribution in [0.3, 0.4) is 0 Å². The predicted molar refractivity (Wildman–Crippen MR) is 165 cm³/mol. The normalized spacial score (nSPS) is 11.5. The Balaban J connectivity index is 3.00. The Kier molecular flexibility index (Phi) is 34.9. The zero-order valence-electron chi connectivity index (χ0n) is 25.7. The molecule has 218 valence electrons. The number of hydrogen-bond donors (Lipinski definition) is 0. The molecule has 0 saturated heterocycles. The van der Waals surface area contributed by atoms with Crippen molar-refractivity contribution >= 4 is 0 Å². The lowest BCUT2D eigenvalue weighted by Crippen LogP contribution is -1.97. The van der Waals surface area contributed by atoms with Gasteiger partial charge in [-0.15, -0.1) is 0 Å². The lowest BCUT2D eigenvalue weighted by Gasteiger charge is -2.05. The van der Waals surface area contributed by atoms with Gasteiger partial charge in [0, 0.05) is 13.2 Å². The van der Waals surface area contributed by atoms with E-state index in [2.05, 4.69) is 13.8 Å². The molecule has 0 amide bonds. The summed E-state index contributed by atoms with van der Waals surface area (Å²) in [5.41, 5.74) is 0. The summed E-state index contributed by atoms with van der Waals surface area (Å²) >= 11 is 0. The molecule has 0 aliphatic rings. The summed E-state index contributed by atoms with van der Waals surface area (Å²) in [7, 11) is 0. The highest BCUT2D eigenvalue weighted by atomic mass is 16.5. The first-order valence-electron chi connectivity index (χ1n) is 17.5. The number of hydrogen-bond acceptors (Lipinski definition) is 1. The molecular weight excluding hydrogens is 436 g/mol. The van der Waals surface area contributed by atoms with Crippen LogP contribution in [0.5, 0.6) is 0 Å². The van der Waals surface area contributed by atoms with E-state index < -0.39 is 0 Å². The van der Waals surface area contributed by atoms with E-state index >= 15 is 0 Å².